The van der Waals surface area contributed by atoms with Crippen molar-refractivity contribution in [1.29, 1.82) is 5.26 Å². The Morgan fingerprint density at radius 3 is 2.64 bits per heavy atom. The minimum Gasteiger partial charge on any atom is -0.480 e. The van der Waals surface area contributed by atoms with Crippen molar-refractivity contribution in [2.24, 2.45) is 0 Å². The second-order valence-corrected chi connectivity index (χ2v) is 7.57. The van der Waals surface area contributed by atoms with E-state index in [2.05, 4.69) is 10.1 Å². The number of ether oxygens (including phenoxy) is 1. The van der Waals surface area contributed by atoms with Crippen LogP contribution in [0.2, 0.25) is 0 Å². The second-order valence-electron chi connectivity index (χ2n) is 7.57. The average molecular weight is 459 g/mol. The highest BCUT2D eigenvalue weighted by Crippen LogP contribution is 2.31. The van der Waals surface area contributed by atoms with Crippen molar-refractivity contribution >= 4 is 5.91 Å². The van der Waals surface area contributed by atoms with E-state index < -0.39 is 24.0 Å². The van der Waals surface area contributed by atoms with Gasteiger partial charge in [-0.1, -0.05) is 0 Å². The number of aryl methyl sites for hydroxylation is 1. The SMILES string of the molecule is Cc1nc(-n2cc3c(n2)CN(C(=O)c2cc(C#N)ccc2O[C@@H](C)C(F)(F)F)C3)ccc1F. The summed E-state index contributed by atoms with van der Waals surface area (Å²) >= 11 is 0. The molecular formula is C22H17F4N5O2. The maximum absolute atomic E-state index is 13.5. The summed E-state index contributed by atoms with van der Waals surface area (Å²) in [5, 5.41) is 13.6. The smallest absolute Gasteiger partial charge is 0.425 e. The van der Waals surface area contributed by atoms with Crippen molar-refractivity contribution < 1.29 is 27.1 Å². The van der Waals surface area contributed by atoms with Gasteiger partial charge in [-0.2, -0.15) is 23.5 Å². The van der Waals surface area contributed by atoms with Gasteiger partial charge in [-0.3, -0.25) is 4.79 Å². The molecule has 170 valence electrons. The zero-order valence-corrected chi connectivity index (χ0v) is 17.5. The van der Waals surface area contributed by atoms with Crippen LogP contribution in [-0.4, -0.2) is 37.9 Å². The Morgan fingerprint density at radius 2 is 2.00 bits per heavy atom. The van der Waals surface area contributed by atoms with E-state index in [-0.39, 0.29) is 35.7 Å². The van der Waals surface area contributed by atoms with E-state index in [0.717, 1.165) is 12.5 Å². The van der Waals surface area contributed by atoms with Crippen LogP contribution >= 0.6 is 0 Å². The number of nitriles is 1. The summed E-state index contributed by atoms with van der Waals surface area (Å²) in [6.45, 7) is 2.63. The van der Waals surface area contributed by atoms with Crippen LogP contribution in [0.5, 0.6) is 5.75 Å². The predicted octanol–water partition coefficient (Wildman–Crippen LogP) is 4.07. The summed E-state index contributed by atoms with van der Waals surface area (Å²) in [6, 6.07) is 8.32. The van der Waals surface area contributed by atoms with Crippen LogP contribution in [0.4, 0.5) is 17.6 Å². The molecule has 0 fully saturated rings. The molecule has 0 spiro atoms. The number of fused-ring (bicyclic) bond motifs is 1. The van der Waals surface area contributed by atoms with Crippen molar-refractivity contribution in [1.82, 2.24) is 19.7 Å². The van der Waals surface area contributed by atoms with Crippen molar-refractivity contribution in [3.63, 3.8) is 0 Å². The third-order valence-electron chi connectivity index (χ3n) is 5.21. The number of halogens is 4. The van der Waals surface area contributed by atoms with Crippen LogP contribution in [0.25, 0.3) is 5.82 Å². The Kier molecular flexibility index (Phi) is 5.53. The molecule has 1 aromatic carbocycles. The summed E-state index contributed by atoms with van der Waals surface area (Å²) < 4.78 is 58.9. The zero-order valence-electron chi connectivity index (χ0n) is 17.5. The fourth-order valence-electron chi connectivity index (χ4n) is 3.37. The van der Waals surface area contributed by atoms with Crippen molar-refractivity contribution in [2.75, 3.05) is 0 Å². The van der Waals surface area contributed by atoms with Crippen molar-refractivity contribution in [3.05, 3.63) is 70.4 Å². The zero-order chi connectivity index (χ0) is 23.9. The predicted molar refractivity (Wildman–Crippen MR) is 107 cm³/mol. The van der Waals surface area contributed by atoms with Gasteiger partial charge in [0.2, 0.25) is 0 Å². The summed E-state index contributed by atoms with van der Waals surface area (Å²) in [5.74, 6) is -0.867. The summed E-state index contributed by atoms with van der Waals surface area (Å²) in [5.41, 5.74) is 1.49. The van der Waals surface area contributed by atoms with Gasteiger partial charge in [-0.05, 0) is 44.2 Å². The van der Waals surface area contributed by atoms with Crippen LogP contribution in [0.3, 0.4) is 0 Å². The summed E-state index contributed by atoms with van der Waals surface area (Å²) in [4.78, 5) is 18.7. The highest BCUT2D eigenvalue weighted by molar-refractivity contribution is 5.97. The lowest BCUT2D eigenvalue weighted by atomic mass is 10.1. The van der Waals surface area contributed by atoms with E-state index >= 15 is 0 Å². The van der Waals surface area contributed by atoms with Crippen LogP contribution in [0.15, 0.2) is 36.5 Å². The molecule has 1 aliphatic rings. The van der Waals surface area contributed by atoms with Gasteiger partial charge in [-0.15, -0.1) is 0 Å². The van der Waals surface area contributed by atoms with Gasteiger partial charge < -0.3 is 9.64 Å². The van der Waals surface area contributed by atoms with Crippen LogP contribution in [0, 0.1) is 24.1 Å². The molecule has 1 aliphatic heterocycles. The highest BCUT2D eigenvalue weighted by Gasteiger charge is 2.39. The van der Waals surface area contributed by atoms with Gasteiger partial charge in [-0.25, -0.2) is 14.1 Å². The number of hydrogen-bond donors (Lipinski definition) is 0. The topological polar surface area (TPSA) is 84.0 Å². The molecule has 0 N–H and O–H groups in total. The monoisotopic (exact) mass is 459 g/mol. The third kappa shape index (κ3) is 4.37. The second kappa shape index (κ2) is 8.20. The lowest BCUT2D eigenvalue weighted by molar-refractivity contribution is -0.189. The molecule has 7 nitrogen and oxygen atoms in total. The van der Waals surface area contributed by atoms with Crippen LogP contribution < -0.4 is 4.74 Å². The number of carbonyl (C=O) groups excluding carboxylic acids is 1. The van der Waals surface area contributed by atoms with Gasteiger partial charge in [0.15, 0.2) is 11.9 Å². The van der Waals surface area contributed by atoms with E-state index in [4.69, 9.17) is 10.00 Å². The Hall–Kier alpha value is -3.94. The summed E-state index contributed by atoms with van der Waals surface area (Å²) in [6.07, 6.45) is -5.09. The first-order valence-electron chi connectivity index (χ1n) is 9.84. The van der Waals surface area contributed by atoms with Crippen molar-refractivity contribution in [2.45, 2.75) is 39.2 Å². The number of nitrogens with zero attached hydrogens (tertiary/aromatic N) is 5. The van der Waals surface area contributed by atoms with Gasteiger partial charge in [0.25, 0.3) is 5.91 Å². The number of aromatic nitrogens is 3. The van der Waals surface area contributed by atoms with Gasteiger partial charge >= 0.3 is 6.18 Å². The van der Waals surface area contributed by atoms with Gasteiger partial charge in [0, 0.05) is 18.3 Å². The lowest BCUT2D eigenvalue weighted by Gasteiger charge is -2.22. The molecule has 33 heavy (non-hydrogen) atoms. The molecule has 4 rings (SSSR count). The first kappa shape index (κ1) is 22.3. The fraction of sp³-hybridized carbons (Fsp3) is 0.273. The number of alkyl halides is 3. The van der Waals surface area contributed by atoms with Crippen LogP contribution in [-0.2, 0) is 13.1 Å². The van der Waals surface area contributed by atoms with E-state index in [9.17, 15) is 22.4 Å². The number of pyridine rings is 1. The Morgan fingerprint density at radius 1 is 1.24 bits per heavy atom. The Balaban J connectivity index is 1.57. The quantitative estimate of drug-likeness (QED) is 0.549. The maximum atomic E-state index is 13.5. The first-order valence-corrected chi connectivity index (χ1v) is 9.84. The molecule has 11 heteroatoms. The van der Waals surface area contributed by atoms with Crippen molar-refractivity contribution in [3.8, 4) is 17.6 Å². The largest absolute Gasteiger partial charge is 0.480 e. The molecule has 3 aromatic rings. The van der Waals surface area contributed by atoms with E-state index in [1.807, 2.05) is 6.07 Å². The Bertz CT molecular complexity index is 1260. The molecule has 1 atom stereocenters. The molecule has 2 aromatic heterocycles. The molecule has 0 saturated carbocycles. The van der Waals surface area contributed by atoms with E-state index in [0.29, 0.717) is 11.5 Å². The van der Waals surface area contributed by atoms with E-state index in [1.165, 1.54) is 46.8 Å². The Labute approximate surface area is 185 Å². The first-order chi connectivity index (χ1) is 15.6. The summed E-state index contributed by atoms with van der Waals surface area (Å²) in [7, 11) is 0. The molecule has 0 aliphatic carbocycles. The highest BCUT2D eigenvalue weighted by atomic mass is 19.4. The standard InChI is InChI=1S/C22H17F4N5O2/c1-12-17(23)4-6-20(28-12)31-10-15-9-30(11-18(15)29-31)21(32)16-7-14(8-27)3-5-19(16)33-13(2)22(24,25)26/h3-7,10,13H,9,11H2,1-2H3/t13-/m0/s1. The molecular weight excluding hydrogens is 442 g/mol. The average Bonchev–Trinajstić information content (AvgIpc) is 3.34. The molecule has 1 amide bonds. The molecule has 3 heterocycles. The number of benzene rings is 1. The molecule has 0 bridgehead atoms. The van der Waals surface area contributed by atoms with Gasteiger partial charge in [0.1, 0.15) is 11.6 Å². The van der Waals surface area contributed by atoms with E-state index in [1.54, 1.807) is 6.20 Å². The number of amides is 1. The molecule has 0 radical (unpaired) electrons. The molecule has 0 unspecified atom stereocenters. The molecule has 0 saturated heterocycles. The number of hydrogen-bond acceptors (Lipinski definition) is 5. The number of carbonyl (C=O) groups is 1. The third-order valence-corrected chi connectivity index (χ3v) is 5.21. The number of rotatable bonds is 4. The van der Waals surface area contributed by atoms with Crippen LogP contribution in [0.1, 0.15) is 39.8 Å². The minimum atomic E-state index is -4.62. The maximum Gasteiger partial charge on any atom is 0.425 e. The normalized spacial score (nSPS) is 14.0. The lowest BCUT2D eigenvalue weighted by Crippen LogP contribution is -2.32. The fourth-order valence-corrected chi connectivity index (χ4v) is 3.37. The minimum absolute atomic E-state index is 0.104. The van der Waals surface area contributed by atoms with Gasteiger partial charge in [0.05, 0.1) is 35.1 Å².